The van der Waals surface area contributed by atoms with Crippen LogP contribution in [0.4, 0.5) is 10.1 Å². The Morgan fingerprint density at radius 3 is 1.90 bits per heavy atom. The van der Waals surface area contributed by atoms with E-state index in [9.17, 15) is 0 Å². The minimum absolute atomic E-state index is 0.340. The second kappa shape index (κ2) is 12.9. The molecule has 0 bridgehead atoms. The van der Waals surface area contributed by atoms with Crippen LogP contribution in [0.15, 0.2) is 97.1 Å². The van der Waals surface area contributed by atoms with Crippen LogP contribution < -0.4 is 14.4 Å². The zero-order valence-electron chi connectivity index (χ0n) is 23.0. The van der Waals surface area contributed by atoms with Crippen LogP contribution in [0.3, 0.4) is 0 Å². The van der Waals surface area contributed by atoms with Crippen LogP contribution in [0.1, 0.15) is 24.0 Å². The number of alkyl halides is 1. The zero-order valence-corrected chi connectivity index (χ0v) is 23.0. The molecule has 4 aromatic rings. The first-order chi connectivity index (χ1) is 19.6. The molecule has 1 aromatic heterocycles. The summed E-state index contributed by atoms with van der Waals surface area (Å²) in [5, 5.41) is 0. The SMILES string of the molecule is COC(OC)C1(F)CCN(c2ccc(-c3ccc(OCc4ccccc4)nc3OCc3ccccc3)cc2)CC1. The monoisotopic (exact) mass is 542 g/mol. The van der Waals surface area contributed by atoms with Gasteiger partial charge in [0.05, 0.1) is 0 Å². The second-order valence-corrected chi connectivity index (χ2v) is 9.92. The summed E-state index contributed by atoms with van der Waals surface area (Å²) in [6.45, 7) is 1.98. The smallest absolute Gasteiger partial charge is 0.225 e. The molecule has 0 spiro atoms. The van der Waals surface area contributed by atoms with Gasteiger partial charge in [-0.05, 0) is 34.9 Å². The molecular weight excluding hydrogens is 507 g/mol. The molecule has 0 aliphatic carbocycles. The van der Waals surface area contributed by atoms with Gasteiger partial charge in [0.2, 0.25) is 11.8 Å². The number of methoxy groups -OCH3 is 2. The molecule has 0 saturated carbocycles. The van der Waals surface area contributed by atoms with E-state index in [-0.39, 0.29) is 0 Å². The van der Waals surface area contributed by atoms with Gasteiger partial charge in [-0.25, -0.2) is 4.39 Å². The third-order valence-electron chi connectivity index (χ3n) is 7.27. The molecule has 1 saturated heterocycles. The maximum absolute atomic E-state index is 15.3. The Balaban J connectivity index is 1.32. The number of pyridine rings is 1. The summed E-state index contributed by atoms with van der Waals surface area (Å²) < 4.78 is 37.9. The Labute approximate surface area is 235 Å². The molecule has 3 aromatic carbocycles. The molecule has 1 aliphatic heterocycles. The fourth-order valence-corrected chi connectivity index (χ4v) is 5.03. The number of ether oxygens (including phenoxy) is 4. The summed E-state index contributed by atoms with van der Waals surface area (Å²) in [6.07, 6.45) is -0.168. The van der Waals surface area contributed by atoms with Gasteiger partial charge in [-0.1, -0.05) is 72.8 Å². The lowest BCUT2D eigenvalue weighted by Gasteiger charge is -2.40. The molecule has 0 radical (unpaired) electrons. The van der Waals surface area contributed by atoms with Crippen LogP contribution in [0.2, 0.25) is 0 Å². The number of aromatic nitrogens is 1. The van der Waals surface area contributed by atoms with Crippen molar-refractivity contribution in [2.45, 2.75) is 38.0 Å². The van der Waals surface area contributed by atoms with Crippen molar-refractivity contribution in [3.63, 3.8) is 0 Å². The average molecular weight is 543 g/mol. The van der Waals surface area contributed by atoms with Crippen molar-refractivity contribution in [2.75, 3.05) is 32.2 Å². The minimum atomic E-state index is -1.49. The van der Waals surface area contributed by atoms with Crippen molar-refractivity contribution >= 4 is 5.69 Å². The quantitative estimate of drug-likeness (QED) is 0.194. The molecule has 2 heterocycles. The van der Waals surface area contributed by atoms with Crippen molar-refractivity contribution in [1.82, 2.24) is 4.98 Å². The second-order valence-electron chi connectivity index (χ2n) is 9.92. The third kappa shape index (κ3) is 6.61. The fraction of sp³-hybridized carbons (Fsp3) is 0.303. The number of nitrogens with zero attached hydrogens (tertiary/aromatic N) is 2. The van der Waals surface area contributed by atoms with Gasteiger partial charge >= 0.3 is 0 Å². The van der Waals surface area contributed by atoms with Crippen molar-refractivity contribution in [3.05, 3.63) is 108 Å². The Kier molecular flexibility index (Phi) is 8.94. The summed E-state index contributed by atoms with van der Waals surface area (Å²) in [7, 11) is 2.96. The summed E-state index contributed by atoms with van der Waals surface area (Å²) in [5.74, 6) is 1.01. The molecule has 1 fully saturated rings. The van der Waals surface area contributed by atoms with Gasteiger partial charge in [-0.3, -0.25) is 0 Å². The van der Waals surface area contributed by atoms with Gasteiger partial charge in [-0.2, -0.15) is 4.98 Å². The molecule has 7 heteroatoms. The number of benzene rings is 3. The summed E-state index contributed by atoms with van der Waals surface area (Å²) in [5.41, 5.74) is 3.53. The van der Waals surface area contributed by atoms with Crippen molar-refractivity contribution < 1.29 is 23.3 Å². The van der Waals surface area contributed by atoms with Crippen molar-refractivity contribution in [1.29, 1.82) is 0 Å². The van der Waals surface area contributed by atoms with Crippen LogP contribution in [0.5, 0.6) is 11.8 Å². The maximum atomic E-state index is 15.3. The Bertz CT molecular complexity index is 1340. The predicted molar refractivity (Wildman–Crippen MR) is 154 cm³/mol. The summed E-state index contributed by atoms with van der Waals surface area (Å²) >= 11 is 0. The van der Waals surface area contributed by atoms with Gasteiger partial charge in [0.1, 0.15) is 13.2 Å². The first-order valence-corrected chi connectivity index (χ1v) is 13.5. The Morgan fingerprint density at radius 2 is 1.32 bits per heavy atom. The lowest BCUT2D eigenvalue weighted by atomic mass is 9.92. The van der Waals surface area contributed by atoms with Crippen LogP contribution in [0.25, 0.3) is 11.1 Å². The van der Waals surface area contributed by atoms with Gasteiger partial charge in [0, 0.05) is 57.5 Å². The molecule has 5 rings (SSSR count). The molecule has 208 valence electrons. The highest BCUT2D eigenvalue weighted by Gasteiger charge is 2.43. The number of hydrogen-bond donors (Lipinski definition) is 0. The van der Waals surface area contributed by atoms with E-state index in [1.807, 2.05) is 72.8 Å². The standard InChI is InChI=1S/C33H35FN2O4/c1-37-32(38-2)33(34)19-21-36(22-20-33)28-15-13-27(14-16-28)29-17-18-30(39-23-25-9-5-3-6-10-25)35-31(29)40-24-26-11-7-4-8-12-26/h3-18,32H,19-24H2,1-2H3. The molecular formula is C33H35FN2O4. The fourth-order valence-electron chi connectivity index (χ4n) is 5.03. The number of anilines is 1. The number of halogens is 1. The Hall–Kier alpha value is -3.94. The topological polar surface area (TPSA) is 53.1 Å². The molecule has 0 N–H and O–H groups in total. The summed E-state index contributed by atoms with van der Waals surface area (Å²) in [4.78, 5) is 6.91. The molecule has 0 atom stereocenters. The van der Waals surface area contributed by atoms with E-state index in [4.69, 9.17) is 23.9 Å². The normalized spacial score (nSPS) is 14.8. The van der Waals surface area contributed by atoms with Gasteiger partial charge in [0.25, 0.3) is 0 Å². The highest BCUT2D eigenvalue weighted by Crippen LogP contribution is 2.36. The molecule has 40 heavy (non-hydrogen) atoms. The third-order valence-corrected chi connectivity index (χ3v) is 7.27. The number of piperidine rings is 1. The van der Waals surface area contributed by atoms with E-state index < -0.39 is 12.0 Å². The lowest BCUT2D eigenvalue weighted by molar-refractivity contribution is -0.191. The predicted octanol–water partition coefficient (Wildman–Crippen LogP) is 6.83. The molecule has 6 nitrogen and oxygen atoms in total. The number of rotatable bonds is 11. The van der Waals surface area contributed by atoms with Crippen LogP contribution in [0, 0.1) is 0 Å². The van der Waals surface area contributed by atoms with Crippen molar-refractivity contribution in [2.24, 2.45) is 0 Å². The summed E-state index contributed by atoms with van der Waals surface area (Å²) in [6, 6.07) is 32.1. The first kappa shape index (κ1) is 27.6. The first-order valence-electron chi connectivity index (χ1n) is 13.5. The minimum Gasteiger partial charge on any atom is -0.473 e. The largest absolute Gasteiger partial charge is 0.473 e. The van der Waals surface area contributed by atoms with E-state index >= 15 is 4.39 Å². The maximum Gasteiger partial charge on any atom is 0.225 e. The van der Waals surface area contributed by atoms with Gasteiger partial charge in [-0.15, -0.1) is 0 Å². The van der Waals surface area contributed by atoms with Crippen LogP contribution >= 0.6 is 0 Å². The highest BCUT2D eigenvalue weighted by molar-refractivity contribution is 5.71. The van der Waals surface area contributed by atoms with E-state index in [2.05, 4.69) is 29.2 Å². The van der Waals surface area contributed by atoms with E-state index in [0.29, 0.717) is 50.9 Å². The lowest BCUT2D eigenvalue weighted by Crippen LogP contribution is -2.50. The van der Waals surface area contributed by atoms with E-state index in [1.54, 1.807) is 0 Å². The van der Waals surface area contributed by atoms with E-state index in [1.165, 1.54) is 14.2 Å². The molecule has 0 amide bonds. The number of hydrogen-bond acceptors (Lipinski definition) is 6. The van der Waals surface area contributed by atoms with Crippen LogP contribution in [-0.4, -0.2) is 44.3 Å². The highest BCUT2D eigenvalue weighted by atomic mass is 19.1. The average Bonchev–Trinajstić information content (AvgIpc) is 3.01. The molecule has 1 aliphatic rings. The van der Waals surface area contributed by atoms with Crippen LogP contribution in [-0.2, 0) is 22.7 Å². The molecule has 0 unspecified atom stereocenters. The van der Waals surface area contributed by atoms with Gasteiger partial charge < -0.3 is 23.8 Å². The van der Waals surface area contributed by atoms with Gasteiger partial charge in [0.15, 0.2) is 12.0 Å². The van der Waals surface area contributed by atoms with Crippen molar-refractivity contribution in [3.8, 4) is 22.9 Å². The zero-order chi connectivity index (χ0) is 27.8. The van der Waals surface area contributed by atoms with E-state index in [0.717, 1.165) is 27.9 Å². The Morgan fingerprint density at radius 1 is 0.750 bits per heavy atom.